The summed E-state index contributed by atoms with van der Waals surface area (Å²) in [4.78, 5) is 16.6. The minimum Gasteiger partial charge on any atom is -0.492 e. The second-order valence-electron chi connectivity index (χ2n) is 14.0. The molecule has 0 spiro atoms. The van der Waals surface area contributed by atoms with Gasteiger partial charge in [0.2, 0.25) is 12.5 Å². The third-order valence-electron chi connectivity index (χ3n) is 12.4. The predicted octanol–water partition coefficient (Wildman–Crippen LogP) is 5.85. The van der Waals surface area contributed by atoms with Crippen LogP contribution in [0.15, 0.2) is 17.7 Å². The Morgan fingerprint density at radius 1 is 1.15 bits per heavy atom. The number of hydrogen-bond donors (Lipinski definition) is 1. The molecule has 6 heteroatoms. The van der Waals surface area contributed by atoms with Crippen LogP contribution in [0.3, 0.4) is 0 Å². The number of carbonyl (C=O) groups excluding carboxylic acids is 1. The van der Waals surface area contributed by atoms with Crippen LogP contribution < -0.4 is 14.2 Å². The number of aliphatic hydroxyl groups is 1. The van der Waals surface area contributed by atoms with E-state index in [0.717, 1.165) is 68.6 Å². The van der Waals surface area contributed by atoms with Crippen molar-refractivity contribution < 1.29 is 24.1 Å². The van der Waals surface area contributed by atoms with Crippen molar-refractivity contribution in [1.29, 1.82) is 0 Å². The van der Waals surface area contributed by atoms with E-state index < -0.39 is 0 Å². The number of hydrogen-bond acceptors (Lipinski definition) is 6. The molecule has 0 saturated heterocycles. The van der Waals surface area contributed by atoms with Gasteiger partial charge in [-0.15, -0.1) is 0 Å². The van der Waals surface area contributed by atoms with Crippen LogP contribution in [0.25, 0.3) is 0 Å². The summed E-state index contributed by atoms with van der Waals surface area (Å²) in [6, 6.07) is 2.10. The molecule has 6 nitrogen and oxygen atoms in total. The fourth-order valence-electron chi connectivity index (χ4n) is 10.3. The van der Waals surface area contributed by atoms with Crippen molar-refractivity contribution in [3.63, 3.8) is 0 Å². The highest BCUT2D eigenvalue weighted by Crippen LogP contribution is 2.66. The monoisotopic (exact) mass is 535 g/mol. The van der Waals surface area contributed by atoms with Crippen molar-refractivity contribution in [2.24, 2.45) is 34.5 Å². The number of nitrogens with zero attached hydrogens (tertiary/aromatic N) is 1. The summed E-state index contributed by atoms with van der Waals surface area (Å²) in [6.45, 7) is 6.07. The van der Waals surface area contributed by atoms with Gasteiger partial charge in [0, 0.05) is 30.5 Å². The number of Topliss-reactive ketones (excluding diaryl/α,β-unsaturated/α-hetero) is 1. The first-order valence-corrected chi connectivity index (χ1v) is 15.3. The average Bonchev–Trinajstić information content (AvgIpc) is 3.53. The van der Waals surface area contributed by atoms with E-state index in [2.05, 4.69) is 37.9 Å². The maximum atomic E-state index is 14.3. The number of methoxy groups -OCH3 is 1. The molecule has 0 bridgehead atoms. The Labute approximate surface area is 233 Å². The molecule has 4 aliphatic carbocycles. The van der Waals surface area contributed by atoms with Crippen molar-refractivity contribution >= 4 is 5.78 Å². The Hall–Kier alpha value is -2.05. The van der Waals surface area contributed by atoms with Gasteiger partial charge in [0.05, 0.1) is 13.2 Å². The van der Waals surface area contributed by atoms with E-state index >= 15 is 0 Å². The lowest BCUT2D eigenvalue weighted by atomic mass is 9.47. The molecule has 1 aromatic rings. The molecule has 0 unspecified atom stereocenters. The molecule has 3 saturated carbocycles. The minimum absolute atomic E-state index is 0.00237. The zero-order chi connectivity index (χ0) is 27.1. The van der Waals surface area contributed by atoms with Crippen LogP contribution in [-0.4, -0.2) is 49.4 Å². The van der Waals surface area contributed by atoms with E-state index in [1.807, 2.05) is 0 Å². The summed E-state index contributed by atoms with van der Waals surface area (Å²) in [7, 11) is 3.84. The van der Waals surface area contributed by atoms with E-state index in [0.29, 0.717) is 35.7 Å². The van der Waals surface area contributed by atoms with Gasteiger partial charge in [0.15, 0.2) is 11.5 Å². The number of aliphatic hydroxyl groups excluding tert-OH is 1. The summed E-state index contributed by atoms with van der Waals surface area (Å²) < 4.78 is 17.4. The largest absolute Gasteiger partial charge is 0.492 e. The van der Waals surface area contributed by atoms with Crippen LogP contribution >= 0.6 is 0 Å². The van der Waals surface area contributed by atoms with E-state index in [-0.39, 0.29) is 35.7 Å². The SMILES string of the molecule is COc1c2c(cc3c1[C@H](CC(=O)[C@H]1CC[C@H]4[C@H]5CC=C6C[C@@H](O)CC[C@]6(C)[C@@H]5CC[C@]14C)N(C)CC3)OCO2. The number of ether oxygens (including phenoxy) is 3. The molecule has 0 aromatic heterocycles. The number of carbonyl (C=O) groups is 1. The standard InChI is InChI=1S/C33H45NO5/c1-32-12-9-21(35)16-20(32)5-6-22-23-7-8-25(33(23,2)13-10-24(22)32)27(36)17-26-29-19(11-14-34(26)3)15-28-30(31(29)37-4)39-18-38-28/h5,15,21-26,35H,6-14,16-18H2,1-4H3/t21-,22+,23-,24+,25+,26-,32-,33-/m0/s1. The zero-order valence-corrected chi connectivity index (χ0v) is 24.1. The molecule has 1 aromatic carbocycles. The fourth-order valence-corrected chi connectivity index (χ4v) is 10.3. The highest BCUT2D eigenvalue weighted by Gasteiger charge is 2.60. The fraction of sp³-hybridized carbons (Fsp3) is 0.727. The van der Waals surface area contributed by atoms with Crippen molar-refractivity contribution in [2.75, 3.05) is 27.5 Å². The first kappa shape index (κ1) is 25.9. The quantitative estimate of drug-likeness (QED) is 0.488. The van der Waals surface area contributed by atoms with Gasteiger partial charge in [0.1, 0.15) is 5.78 Å². The molecule has 212 valence electrons. The second kappa shape index (κ2) is 9.24. The summed E-state index contributed by atoms with van der Waals surface area (Å²) in [6.07, 6.45) is 12.4. The molecule has 7 rings (SSSR count). The Kier molecular flexibility index (Phi) is 6.13. The topological polar surface area (TPSA) is 68.2 Å². The Morgan fingerprint density at radius 3 is 2.82 bits per heavy atom. The molecule has 0 radical (unpaired) electrons. The number of ketones is 1. The molecule has 8 atom stereocenters. The van der Waals surface area contributed by atoms with Crippen molar-refractivity contribution in [3.8, 4) is 17.2 Å². The van der Waals surface area contributed by atoms with E-state index in [9.17, 15) is 9.90 Å². The highest BCUT2D eigenvalue weighted by atomic mass is 16.7. The van der Waals surface area contributed by atoms with Crippen LogP contribution in [0.4, 0.5) is 0 Å². The predicted molar refractivity (Wildman–Crippen MR) is 149 cm³/mol. The summed E-state index contributed by atoms with van der Waals surface area (Å²) in [5.74, 6) is 4.74. The van der Waals surface area contributed by atoms with Crippen LogP contribution in [0.2, 0.25) is 0 Å². The molecule has 1 N–H and O–H groups in total. The third kappa shape index (κ3) is 3.76. The lowest BCUT2D eigenvalue weighted by molar-refractivity contribution is -0.131. The van der Waals surface area contributed by atoms with Gasteiger partial charge in [-0.05, 0) is 105 Å². The van der Waals surface area contributed by atoms with E-state index in [4.69, 9.17) is 14.2 Å². The average molecular weight is 536 g/mol. The van der Waals surface area contributed by atoms with Crippen LogP contribution in [0, 0.1) is 34.5 Å². The van der Waals surface area contributed by atoms with Gasteiger partial charge in [-0.25, -0.2) is 0 Å². The maximum absolute atomic E-state index is 14.3. The minimum atomic E-state index is -0.162. The Balaban J connectivity index is 1.15. The summed E-state index contributed by atoms with van der Waals surface area (Å²) in [5.41, 5.74) is 4.18. The molecule has 39 heavy (non-hydrogen) atoms. The maximum Gasteiger partial charge on any atom is 0.231 e. The number of likely N-dealkylation sites (N-methyl/N-ethyl adjacent to an activating group) is 1. The molecular formula is C33H45NO5. The Morgan fingerprint density at radius 2 is 2.00 bits per heavy atom. The van der Waals surface area contributed by atoms with Gasteiger partial charge >= 0.3 is 0 Å². The van der Waals surface area contributed by atoms with Crippen molar-refractivity contribution in [3.05, 3.63) is 28.8 Å². The number of rotatable bonds is 4. The number of benzene rings is 1. The molecule has 2 heterocycles. The normalized spacial score (nSPS) is 40.7. The molecule has 3 fully saturated rings. The summed E-state index contributed by atoms with van der Waals surface area (Å²) >= 11 is 0. The van der Waals surface area contributed by atoms with Gasteiger partial charge in [-0.1, -0.05) is 25.5 Å². The first-order chi connectivity index (χ1) is 18.7. The van der Waals surface area contributed by atoms with E-state index in [1.165, 1.54) is 24.0 Å². The number of allylic oxidation sites excluding steroid dienone is 1. The van der Waals surface area contributed by atoms with Crippen molar-refractivity contribution in [2.45, 2.75) is 90.2 Å². The van der Waals surface area contributed by atoms with Gasteiger partial charge < -0.3 is 19.3 Å². The molecule has 2 aliphatic heterocycles. The Bertz CT molecular complexity index is 1210. The summed E-state index contributed by atoms with van der Waals surface area (Å²) in [5, 5.41) is 10.3. The lowest BCUT2D eigenvalue weighted by Crippen LogP contribution is -2.51. The second-order valence-corrected chi connectivity index (χ2v) is 14.0. The zero-order valence-electron chi connectivity index (χ0n) is 24.1. The van der Waals surface area contributed by atoms with Crippen LogP contribution in [-0.2, 0) is 11.2 Å². The highest BCUT2D eigenvalue weighted by molar-refractivity contribution is 5.83. The van der Waals surface area contributed by atoms with Gasteiger partial charge in [-0.2, -0.15) is 0 Å². The first-order valence-electron chi connectivity index (χ1n) is 15.3. The third-order valence-corrected chi connectivity index (χ3v) is 12.4. The van der Waals surface area contributed by atoms with Crippen LogP contribution in [0.5, 0.6) is 17.2 Å². The van der Waals surface area contributed by atoms with Crippen LogP contribution in [0.1, 0.15) is 88.8 Å². The smallest absolute Gasteiger partial charge is 0.231 e. The van der Waals surface area contributed by atoms with E-state index in [1.54, 1.807) is 7.11 Å². The molecule has 0 amide bonds. The number of fused-ring (bicyclic) bond motifs is 7. The van der Waals surface area contributed by atoms with Gasteiger partial charge in [0.25, 0.3) is 0 Å². The lowest BCUT2D eigenvalue weighted by Gasteiger charge is -2.58. The van der Waals surface area contributed by atoms with Crippen molar-refractivity contribution in [1.82, 2.24) is 4.90 Å². The molecule has 6 aliphatic rings. The molecular weight excluding hydrogens is 490 g/mol. The van der Waals surface area contributed by atoms with Gasteiger partial charge in [-0.3, -0.25) is 9.69 Å².